The number of rotatable bonds is 4. The van der Waals surface area contributed by atoms with Crippen molar-refractivity contribution >= 4 is 33.1 Å². The Morgan fingerprint density at radius 2 is 1.96 bits per heavy atom. The SMILES string of the molecule is Cc1ccc(C)c(NC(=O)c2[nH]c3cc(C)sc3c2CN(C)C)c1. The van der Waals surface area contributed by atoms with Gasteiger partial charge in [0.25, 0.3) is 5.91 Å². The van der Waals surface area contributed by atoms with Crippen molar-refractivity contribution in [3.05, 3.63) is 51.5 Å². The van der Waals surface area contributed by atoms with Crippen molar-refractivity contribution in [3.63, 3.8) is 0 Å². The van der Waals surface area contributed by atoms with Gasteiger partial charge in [-0.2, -0.15) is 0 Å². The van der Waals surface area contributed by atoms with Crippen molar-refractivity contribution in [2.45, 2.75) is 27.3 Å². The number of aromatic amines is 1. The van der Waals surface area contributed by atoms with E-state index in [9.17, 15) is 4.79 Å². The van der Waals surface area contributed by atoms with Gasteiger partial charge in [0.2, 0.25) is 0 Å². The first kappa shape index (κ1) is 16.7. The van der Waals surface area contributed by atoms with Gasteiger partial charge in [0.1, 0.15) is 5.69 Å². The second-order valence-electron chi connectivity index (χ2n) is 6.59. The number of hydrogen-bond acceptors (Lipinski definition) is 3. The maximum Gasteiger partial charge on any atom is 0.272 e. The van der Waals surface area contributed by atoms with Crippen LogP contribution in [-0.2, 0) is 6.54 Å². The fourth-order valence-corrected chi connectivity index (χ4v) is 3.88. The van der Waals surface area contributed by atoms with E-state index in [-0.39, 0.29) is 5.91 Å². The van der Waals surface area contributed by atoms with Gasteiger partial charge >= 0.3 is 0 Å². The minimum absolute atomic E-state index is 0.0818. The van der Waals surface area contributed by atoms with Crippen molar-refractivity contribution in [1.82, 2.24) is 9.88 Å². The molecule has 2 aromatic heterocycles. The van der Waals surface area contributed by atoms with Gasteiger partial charge in [0.05, 0.1) is 10.2 Å². The number of nitrogens with zero attached hydrogens (tertiary/aromatic N) is 1. The topological polar surface area (TPSA) is 48.1 Å². The number of H-pyrrole nitrogens is 1. The molecular weight excluding hydrogens is 318 g/mol. The van der Waals surface area contributed by atoms with E-state index in [0.717, 1.165) is 34.4 Å². The molecule has 1 aromatic carbocycles. The smallest absolute Gasteiger partial charge is 0.272 e. The third kappa shape index (κ3) is 3.23. The summed E-state index contributed by atoms with van der Waals surface area (Å²) in [5, 5.41) is 3.06. The van der Waals surface area contributed by atoms with Crippen LogP contribution in [0.3, 0.4) is 0 Å². The molecule has 126 valence electrons. The number of anilines is 1. The first-order valence-corrected chi connectivity index (χ1v) is 8.81. The van der Waals surface area contributed by atoms with Gasteiger partial charge < -0.3 is 15.2 Å². The lowest BCUT2D eigenvalue weighted by Crippen LogP contribution is -2.18. The Morgan fingerprint density at radius 3 is 2.67 bits per heavy atom. The Hall–Kier alpha value is -2.11. The predicted octanol–water partition coefficient (Wildman–Crippen LogP) is 4.47. The average molecular weight is 341 g/mol. The summed E-state index contributed by atoms with van der Waals surface area (Å²) in [6, 6.07) is 8.19. The van der Waals surface area contributed by atoms with E-state index in [0.29, 0.717) is 5.69 Å². The molecule has 0 saturated carbocycles. The molecule has 1 amide bonds. The van der Waals surface area contributed by atoms with E-state index in [1.807, 2.05) is 40.1 Å². The van der Waals surface area contributed by atoms with Gasteiger partial charge in [-0.3, -0.25) is 4.79 Å². The van der Waals surface area contributed by atoms with Crippen LogP contribution in [0.2, 0.25) is 0 Å². The number of hydrogen-bond donors (Lipinski definition) is 2. The third-order valence-corrected chi connectivity index (χ3v) is 5.14. The molecule has 2 heterocycles. The van der Waals surface area contributed by atoms with Gasteiger partial charge in [0, 0.05) is 22.7 Å². The lowest BCUT2D eigenvalue weighted by molar-refractivity contribution is 0.102. The summed E-state index contributed by atoms with van der Waals surface area (Å²) in [6.07, 6.45) is 0. The van der Waals surface area contributed by atoms with E-state index in [1.165, 1.54) is 9.58 Å². The number of fused-ring (bicyclic) bond motifs is 1. The molecule has 0 spiro atoms. The van der Waals surface area contributed by atoms with Crippen LogP contribution < -0.4 is 5.32 Å². The highest BCUT2D eigenvalue weighted by atomic mass is 32.1. The number of aromatic nitrogens is 1. The number of aryl methyl sites for hydroxylation is 3. The maximum absolute atomic E-state index is 12.9. The zero-order chi connectivity index (χ0) is 17.4. The number of carbonyl (C=O) groups is 1. The normalized spacial score (nSPS) is 11.4. The molecule has 0 unspecified atom stereocenters. The first-order chi connectivity index (χ1) is 11.3. The highest BCUT2D eigenvalue weighted by Crippen LogP contribution is 2.32. The van der Waals surface area contributed by atoms with Crippen LogP contribution in [0.4, 0.5) is 5.69 Å². The summed E-state index contributed by atoms with van der Waals surface area (Å²) in [5.74, 6) is -0.0818. The summed E-state index contributed by atoms with van der Waals surface area (Å²) in [4.78, 5) is 19.5. The average Bonchev–Trinajstić information content (AvgIpc) is 3.00. The first-order valence-electron chi connectivity index (χ1n) is 7.99. The Labute approximate surface area is 146 Å². The summed E-state index contributed by atoms with van der Waals surface area (Å²) < 4.78 is 1.17. The van der Waals surface area contributed by atoms with Gasteiger partial charge in [0.15, 0.2) is 0 Å². The Kier molecular flexibility index (Phi) is 4.47. The van der Waals surface area contributed by atoms with E-state index in [1.54, 1.807) is 11.3 Å². The molecule has 5 heteroatoms. The molecule has 4 nitrogen and oxygen atoms in total. The van der Waals surface area contributed by atoms with E-state index >= 15 is 0 Å². The lowest BCUT2D eigenvalue weighted by atomic mass is 10.1. The summed E-state index contributed by atoms with van der Waals surface area (Å²) >= 11 is 1.73. The van der Waals surface area contributed by atoms with Crippen molar-refractivity contribution < 1.29 is 4.79 Å². The Morgan fingerprint density at radius 1 is 1.21 bits per heavy atom. The number of amides is 1. The summed E-state index contributed by atoms with van der Waals surface area (Å²) in [5.41, 5.74) is 5.83. The molecule has 24 heavy (non-hydrogen) atoms. The van der Waals surface area contributed by atoms with Crippen molar-refractivity contribution in [3.8, 4) is 0 Å². The highest BCUT2D eigenvalue weighted by molar-refractivity contribution is 7.19. The monoisotopic (exact) mass is 341 g/mol. The summed E-state index contributed by atoms with van der Waals surface area (Å²) in [6.45, 7) is 6.86. The van der Waals surface area contributed by atoms with Gasteiger partial charge in [-0.15, -0.1) is 11.3 Å². The second-order valence-corrected chi connectivity index (χ2v) is 7.85. The fraction of sp³-hybridized carbons (Fsp3) is 0.316. The van der Waals surface area contributed by atoms with Gasteiger partial charge in [-0.1, -0.05) is 12.1 Å². The van der Waals surface area contributed by atoms with Crippen LogP contribution in [0.5, 0.6) is 0 Å². The zero-order valence-electron chi connectivity index (χ0n) is 14.8. The van der Waals surface area contributed by atoms with Crippen molar-refractivity contribution in [1.29, 1.82) is 0 Å². The molecule has 0 atom stereocenters. The van der Waals surface area contributed by atoms with E-state index < -0.39 is 0 Å². The van der Waals surface area contributed by atoms with Gasteiger partial charge in [-0.25, -0.2) is 0 Å². The van der Waals surface area contributed by atoms with E-state index in [2.05, 4.69) is 34.3 Å². The molecule has 2 N–H and O–H groups in total. The minimum Gasteiger partial charge on any atom is -0.350 e. The van der Waals surface area contributed by atoms with Crippen LogP contribution in [0.25, 0.3) is 10.2 Å². The van der Waals surface area contributed by atoms with Gasteiger partial charge in [-0.05, 0) is 58.1 Å². The largest absolute Gasteiger partial charge is 0.350 e. The zero-order valence-corrected chi connectivity index (χ0v) is 15.6. The predicted molar refractivity (Wildman–Crippen MR) is 102 cm³/mol. The standard InChI is InChI=1S/C19H23N3OS/c1-11-6-7-12(2)15(8-11)21-19(23)17-14(10-22(4)5)18-16(20-17)9-13(3)24-18/h6-9,20H,10H2,1-5H3,(H,21,23). The third-order valence-electron chi connectivity index (χ3n) is 4.03. The lowest BCUT2D eigenvalue weighted by Gasteiger charge is -2.12. The van der Waals surface area contributed by atoms with Crippen LogP contribution in [-0.4, -0.2) is 29.9 Å². The molecule has 0 radical (unpaired) electrons. The Balaban J connectivity index is 1.99. The Bertz CT molecular complexity index is 905. The molecule has 0 bridgehead atoms. The molecule has 0 aliphatic rings. The second kappa shape index (κ2) is 6.42. The molecule has 0 fully saturated rings. The number of thiophene rings is 1. The molecule has 0 aliphatic heterocycles. The molecule has 3 rings (SSSR count). The number of nitrogens with one attached hydrogen (secondary N) is 2. The fourth-order valence-electron chi connectivity index (χ4n) is 2.87. The molecule has 0 aliphatic carbocycles. The number of carbonyl (C=O) groups excluding carboxylic acids is 1. The molecule has 0 saturated heterocycles. The van der Waals surface area contributed by atoms with Crippen molar-refractivity contribution in [2.75, 3.05) is 19.4 Å². The van der Waals surface area contributed by atoms with Crippen LogP contribution >= 0.6 is 11.3 Å². The van der Waals surface area contributed by atoms with Crippen molar-refractivity contribution in [2.24, 2.45) is 0 Å². The van der Waals surface area contributed by atoms with Crippen LogP contribution in [0, 0.1) is 20.8 Å². The number of benzene rings is 1. The maximum atomic E-state index is 12.9. The molecule has 3 aromatic rings. The minimum atomic E-state index is -0.0818. The molecular formula is C19H23N3OS. The highest BCUT2D eigenvalue weighted by Gasteiger charge is 2.20. The van der Waals surface area contributed by atoms with Crippen LogP contribution in [0.1, 0.15) is 32.1 Å². The quantitative estimate of drug-likeness (QED) is 0.735. The van der Waals surface area contributed by atoms with E-state index in [4.69, 9.17) is 0 Å². The van der Waals surface area contributed by atoms with Crippen LogP contribution in [0.15, 0.2) is 24.3 Å². The summed E-state index contributed by atoms with van der Waals surface area (Å²) in [7, 11) is 4.04.